The minimum Gasteiger partial charge on any atom is -0.381 e. The van der Waals surface area contributed by atoms with Crippen molar-refractivity contribution >= 4 is 35.8 Å². The van der Waals surface area contributed by atoms with Gasteiger partial charge >= 0.3 is 0 Å². The van der Waals surface area contributed by atoms with Crippen LogP contribution in [0.3, 0.4) is 0 Å². The summed E-state index contributed by atoms with van der Waals surface area (Å²) in [6, 6.07) is 10.1. The molecule has 2 aromatic rings. The number of aliphatic imine (C=N–C) groups is 1. The molecule has 1 aromatic carbocycles. The first-order valence-electron chi connectivity index (χ1n) is 9.89. The number of likely N-dealkylation sites (N-methyl/N-ethyl adjacent to an activating group) is 1. The van der Waals surface area contributed by atoms with Crippen LogP contribution in [0.5, 0.6) is 0 Å². The number of benzene rings is 1. The van der Waals surface area contributed by atoms with Crippen molar-refractivity contribution in [2.75, 3.05) is 47.4 Å². The van der Waals surface area contributed by atoms with Gasteiger partial charge in [-0.05, 0) is 12.0 Å². The van der Waals surface area contributed by atoms with E-state index >= 15 is 0 Å². The number of carbonyl (C=O) groups is 1. The van der Waals surface area contributed by atoms with Crippen molar-refractivity contribution in [3.05, 3.63) is 42.4 Å². The van der Waals surface area contributed by atoms with Gasteiger partial charge in [0, 0.05) is 40.2 Å². The molecular weight excluding hydrogens is 495 g/mol. The number of imidazole rings is 1. The maximum atomic E-state index is 12.0. The third-order valence-corrected chi connectivity index (χ3v) is 4.90. The summed E-state index contributed by atoms with van der Waals surface area (Å²) >= 11 is 0. The number of hydrogen-bond acceptors (Lipinski definition) is 4. The van der Waals surface area contributed by atoms with Crippen molar-refractivity contribution in [3.8, 4) is 11.3 Å². The first-order valence-corrected chi connectivity index (χ1v) is 9.89. The Bertz CT molecular complexity index is 818. The van der Waals surface area contributed by atoms with Crippen LogP contribution in [0.1, 0.15) is 12.2 Å². The van der Waals surface area contributed by atoms with Gasteiger partial charge in [-0.3, -0.25) is 4.79 Å². The highest BCUT2D eigenvalue weighted by atomic mass is 127. The summed E-state index contributed by atoms with van der Waals surface area (Å²) in [4.78, 5) is 27.9. The second kappa shape index (κ2) is 11.9. The molecule has 8 nitrogen and oxygen atoms in total. The summed E-state index contributed by atoms with van der Waals surface area (Å²) in [7, 11) is 5.42. The lowest BCUT2D eigenvalue weighted by atomic mass is 10.1. The van der Waals surface area contributed by atoms with E-state index < -0.39 is 0 Å². The predicted molar refractivity (Wildman–Crippen MR) is 129 cm³/mol. The smallest absolute Gasteiger partial charge is 0.243 e. The second-order valence-corrected chi connectivity index (χ2v) is 7.50. The van der Waals surface area contributed by atoms with Crippen LogP contribution in [0, 0.1) is 5.92 Å². The summed E-state index contributed by atoms with van der Waals surface area (Å²) in [6.07, 6.45) is 2.88. The normalized spacial score (nSPS) is 16.1. The summed E-state index contributed by atoms with van der Waals surface area (Å²) in [5.41, 5.74) is 2.07. The monoisotopic (exact) mass is 526 g/mol. The lowest BCUT2D eigenvalue weighted by Gasteiger charge is -2.23. The van der Waals surface area contributed by atoms with E-state index in [0.29, 0.717) is 18.4 Å². The minimum absolute atomic E-state index is 0. The zero-order valence-electron chi connectivity index (χ0n) is 17.8. The number of rotatable bonds is 7. The van der Waals surface area contributed by atoms with Crippen molar-refractivity contribution < 1.29 is 9.53 Å². The number of nitrogens with one attached hydrogen (secondary N) is 2. The Morgan fingerprint density at radius 3 is 2.73 bits per heavy atom. The Morgan fingerprint density at radius 1 is 1.30 bits per heavy atom. The molecule has 2 heterocycles. The van der Waals surface area contributed by atoms with Crippen molar-refractivity contribution in [2.45, 2.75) is 13.0 Å². The van der Waals surface area contributed by atoms with E-state index in [4.69, 9.17) is 4.74 Å². The number of aromatic nitrogens is 2. The van der Waals surface area contributed by atoms with E-state index in [2.05, 4.69) is 20.3 Å². The molecular formula is C21H31IN6O2. The summed E-state index contributed by atoms with van der Waals surface area (Å²) < 4.78 is 5.45. The quantitative estimate of drug-likeness (QED) is 0.329. The van der Waals surface area contributed by atoms with E-state index in [0.717, 1.165) is 43.3 Å². The number of carbonyl (C=O) groups excluding carboxylic acids is 1. The standard InChI is InChI=1S/C21H30N6O2.HI/c1-26(2)20(28)13-24-21(23-11-16-9-10-29-15-16)27(3)14-19-22-12-18(25-19)17-7-5-4-6-8-17;/h4-8,12,16H,9-11,13-15H2,1-3H3,(H,22,25)(H,23,24);1H. The molecule has 1 fully saturated rings. The highest BCUT2D eigenvalue weighted by Gasteiger charge is 2.18. The number of guanidine groups is 1. The Balaban J connectivity index is 0.00000320. The topological polar surface area (TPSA) is 85.8 Å². The number of aromatic amines is 1. The molecule has 1 aromatic heterocycles. The van der Waals surface area contributed by atoms with Crippen LogP contribution in [0.15, 0.2) is 41.5 Å². The Hall–Kier alpha value is -2.14. The predicted octanol–water partition coefficient (Wildman–Crippen LogP) is 2.20. The van der Waals surface area contributed by atoms with Gasteiger partial charge in [0.25, 0.3) is 0 Å². The van der Waals surface area contributed by atoms with Crippen molar-refractivity contribution in [3.63, 3.8) is 0 Å². The van der Waals surface area contributed by atoms with Gasteiger partial charge < -0.3 is 24.8 Å². The van der Waals surface area contributed by atoms with Crippen LogP contribution in [0.2, 0.25) is 0 Å². The van der Waals surface area contributed by atoms with Gasteiger partial charge in [0.1, 0.15) is 12.4 Å². The van der Waals surface area contributed by atoms with E-state index in [9.17, 15) is 4.79 Å². The summed E-state index contributed by atoms with van der Waals surface area (Å²) in [5.74, 6) is 1.95. The molecule has 1 saturated heterocycles. The van der Waals surface area contributed by atoms with E-state index in [1.807, 2.05) is 48.5 Å². The highest BCUT2D eigenvalue weighted by Crippen LogP contribution is 2.16. The highest BCUT2D eigenvalue weighted by molar-refractivity contribution is 14.0. The van der Waals surface area contributed by atoms with Crippen LogP contribution in [0.4, 0.5) is 0 Å². The molecule has 1 atom stereocenters. The third-order valence-electron chi connectivity index (χ3n) is 4.90. The maximum Gasteiger partial charge on any atom is 0.243 e. The van der Waals surface area contributed by atoms with Gasteiger partial charge in [-0.25, -0.2) is 9.98 Å². The Morgan fingerprint density at radius 2 is 2.07 bits per heavy atom. The fraction of sp³-hybridized carbons (Fsp3) is 0.476. The molecule has 9 heteroatoms. The van der Waals surface area contributed by atoms with E-state index in [-0.39, 0.29) is 36.4 Å². The number of H-pyrrole nitrogens is 1. The SMILES string of the molecule is CN(C)C(=O)CN=C(NCC1CCOC1)N(C)Cc1ncc(-c2ccccc2)[nH]1.I. The minimum atomic E-state index is -0.0359. The number of nitrogens with zero attached hydrogens (tertiary/aromatic N) is 4. The number of halogens is 1. The van der Waals surface area contributed by atoms with Crippen molar-refractivity contribution in [1.82, 2.24) is 25.1 Å². The molecule has 3 rings (SSSR count). The molecule has 1 unspecified atom stereocenters. The first-order chi connectivity index (χ1) is 14.0. The van der Waals surface area contributed by atoms with E-state index in [1.54, 1.807) is 19.0 Å². The van der Waals surface area contributed by atoms with Gasteiger partial charge in [-0.15, -0.1) is 24.0 Å². The molecule has 30 heavy (non-hydrogen) atoms. The summed E-state index contributed by atoms with van der Waals surface area (Å²) in [5, 5.41) is 3.40. The van der Waals surface area contributed by atoms with Crippen LogP contribution in [-0.4, -0.2) is 79.1 Å². The largest absolute Gasteiger partial charge is 0.381 e. The van der Waals surface area contributed by atoms with Crippen LogP contribution >= 0.6 is 24.0 Å². The van der Waals surface area contributed by atoms with Gasteiger partial charge in [-0.1, -0.05) is 30.3 Å². The molecule has 164 valence electrons. The molecule has 0 bridgehead atoms. The fourth-order valence-corrected chi connectivity index (χ4v) is 3.08. The second-order valence-electron chi connectivity index (χ2n) is 7.50. The maximum absolute atomic E-state index is 12.0. The molecule has 1 amide bonds. The Kier molecular flexibility index (Phi) is 9.57. The first kappa shape index (κ1) is 24.1. The van der Waals surface area contributed by atoms with Gasteiger partial charge in [0.2, 0.25) is 5.91 Å². The molecule has 1 aliphatic heterocycles. The third kappa shape index (κ3) is 6.98. The van der Waals surface area contributed by atoms with Gasteiger partial charge in [0.05, 0.1) is 25.0 Å². The summed E-state index contributed by atoms with van der Waals surface area (Å²) in [6.45, 7) is 3.00. The molecule has 0 radical (unpaired) electrons. The number of amides is 1. The number of hydrogen-bond donors (Lipinski definition) is 2. The molecule has 2 N–H and O–H groups in total. The van der Waals surface area contributed by atoms with Gasteiger partial charge in [-0.2, -0.15) is 0 Å². The molecule has 1 aliphatic rings. The zero-order valence-corrected chi connectivity index (χ0v) is 20.1. The average Bonchev–Trinajstić information content (AvgIpc) is 3.40. The Labute approximate surface area is 195 Å². The molecule has 0 aliphatic carbocycles. The van der Waals surface area contributed by atoms with Crippen molar-refractivity contribution in [1.29, 1.82) is 0 Å². The van der Waals surface area contributed by atoms with Crippen LogP contribution < -0.4 is 5.32 Å². The number of ether oxygens (including phenoxy) is 1. The fourth-order valence-electron chi connectivity index (χ4n) is 3.08. The van der Waals surface area contributed by atoms with Crippen LogP contribution in [0.25, 0.3) is 11.3 Å². The average molecular weight is 526 g/mol. The lowest BCUT2D eigenvalue weighted by molar-refractivity contribution is -0.127. The lowest BCUT2D eigenvalue weighted by Crippen LogP contribution is -2.42. The van der Waals surface area contributed by atoms with Crippen molar-refractivity contribution in [2.24, 2.45) is 10.9 Å². The zero-order chi connectivity index (χ0) is 20.6. The van der Waals surface area contributed by atoms with Gasteiger partial charge in [0.15, 0.2) is 5.96 Å². The molecule has 0 spiro atoms. The molecule has 0 saturated carbocycles. The van der Waals surface area contributed by atoms with Crippen LogP contribution in [-0.2, 0) is 16.1 Å². The van der Waals surface area contributed by atoms with E-state index in [1.165, 1.54) is 0 Å².